The average molecular weight is 164 g/mol. The zero-order chi connectivity index (χ0) is 8.55. The van der Waals surface area contributed by atoms with Gasteiger partial charge in [-0.05, 0) is 24.8 Å². The summed E-state index contributed by atoms with van der Waals surface area (Å²) in [4.78, 5) is 13.8. The van der Waals surface area contributed by atoms with Crippen molar-refractivity contribution >= 4 is 0 Å². The summed E-state index contributed by atoms with van der Waals surface area (Å²) in [5, 5.41) is 0. The van der Waals surface area contributed by atoms with Gasteiger partial charge in [0, 0.05) is 17.8 Å². The molecule has 1 atom stereocenters. The first-order valence-corrected chi connectivity index (χ1v) is 4.22. The van der Waals surface area contributed by atoms with Gasteiger partial charge in [-0.2, -0.15) is 0 Å². The molecule has 0 saturated heterocycles. The van der Waals surface area contributed by atoms with E-state index in [1.54, 1.807) is 6.07 Å². The van der Waals surface area contributed by atoms with Crippen molar-refractivity contribution in [3.05, 3.63) is 33.7 Å². The van der Waals surface area contributed by atoms with Gasteiger partial charge in [-0.25, -0.2) is 0 Å². The summed E-state index contributed by atoms with van der Waals surface area (Å²) in [6.45, 7) is 0. The Bertz CT molecular complexity index is 343. The minimum atomic E-state index is -0.00998. The number of aromatic amines is 1. The first kappa shape index (κ1) is 7.55. The van der Waals surface area contributed by atoms with Gasteiger partial charge >= 0.3 is 0 Å². The van der Waals surface area contributed by atoms with Gasteiger partial charge in [-0.3, -0.25) is 4.79 Å². The predicted octanol–water partition coefficient (Wildman–Crippen LogP) is 0.191. The van der Waals surface area contributed by atoms with Gasteiger partial charge in [0.05, 0.1) is 0 Å². The highest BCUT2D eigenvalue weighted by Crippen LogP contribution is 2.16. The Morgan fingerprint density at radius 1 is 1.50 bits per heavy atom. The highest BCUT2D eigenvalue weighted by Gasteiger charge is 2.15. The molecule has 0 radical (unpaired) electrons. The Labute approximate surface area is 70.6 Å². The molecule has 0 bridgehead atoms. The maximum Gasteiger partial charge on any atom is 0.248 e. The number of hydrogen-bond acceptors (Lipinski definition) is 2. The summed E-state index contributed by atoms with van der Waals surface area (Å²) in [5.41, 5.74) is 8.06. The highest BCUT2D eigenvalue weighted by atomic mass is 16.1. The van der Waals surface area contributed by atoms with Crippen molar-refractivity contribution in [3.63, 3.8) is 0 Å². The first-order chi connectivity index (χ1) is 5.75. The van der Waals surface area contributed by atoms with Crippen molar-refractivity contribution in [1.82, 2.24) is 4.98 Å². The zero-order valence-corrected chi connectivity index (χ0v) is 6.84. The van der Waals surface area contributed by atoms with E-state index in [0.29, 0.717) is 0 Å². The molecule has 1 aromatic heterocycles. The second kappa shape index (κ2) is 2.75. The predicted molar refractivity (Wildman–Crippen MR) is 47.1 cm³/mol. The third-order valence-electron chi connectivity index (χ3n) is 2.34. The van der Waals surface area contributed by atoms with Crippen LogP contribution in [0.4, 0.5) is 0 Å². The molecule has 1 aromatic rings. The zero-order valence-electron chi connectivity index (χ0n) is 6.84. The van der Waals surface area contributed by atoms with Crippen LogP contribution in [0.2, 0.25) is 0 Å². The number of aromatic nitrogens is 1. The Morgan fingerprint density at radius 3 is 3.17 bits per heavy atom. The number of nitrogens with one attached hydrogen (secondary N) is 1. The van der Waals surface area contributed by atoms with Gasteiger partial charge in [0.25, 0.3) is 0 Å². The molecule has 3 N–H and O–H groups in total. The lowest BCUT2D eigenvalue weighted by atomic mass is 9.93. The molecule has 3 heteroatoms. The van der Waals surface area contributed by atoms with Crippen molar-refractivity contribution in [3.8, 4) is 0 Å². The summed E-state index contributed by atoms with van der Waals surface area (Å²) >= 11 is 0. The maximum atomic E-state index is 10.9. The molecule has 12 heavy (non-hydrogen) atoms. The van der Waals surface area contributed by atoms with Crippen molar-refractivity contribution in [1.29, 1.82) is 0 Å². The molecule has 1 heterocycles. The molecule has 0 aromatic carbocycles. The van der Waals surface area contributed by atoms with Gasteiger partial charge in [-0.15, -0.1) is 0 Å². The molecule has 0 fully saturated rings. The van der Waals surface area contributed by atoms with E-state index >= 15 is 0 Å². The molecule has 1 aliphatic rings. The number of hydrogen-bond donors (Lipinski definition) is 2. The Balaban J connectivity index is 2.43. The molecule has 0 unspecified atom stereocenters. The number of nitrogens with two attached hydrogens (primary N) is 1. The van der Waals surface area contributed by atoms with E-state index in [1.165, 1.54) is 5.56 Å². The summed E-state index contributed by atoms with van der Waals surface area (Å²) in [7, 11) is 0. The molecule has 3 nitrogen and oxygen atoms in total. The monoisotopic (exact) mass is 164 g/mol. The Kier molecular flexibility index (Phi) is 1.73. The van der Waals surface area contributed by atoms with Crippen LogP contribution >= 0.6 is 0 Å². The average Bonchev–Trinajstić information content (AvgIpc) is 2.05. The summed E-state index contributed by atoms with van der Waals surface area (Å²) < 4.78 is 0. The SMILES string of the molecule is N[C@@H]1CCc2[nH]c(=O)ccc2C1. The normalized spacial score (nSPS) is 21.9. The fraction of sp³-hybridized carbons (Fsp3) is 0.444. The standard InChI is InChI=1S/C9H12N2O/c10-7-2-3-8-6(5-7)1-4-9(12)11-8/h1,4,7H,2-3,5,10H2,(H,11,12)/t7-/m1/s1. The Morgan fingerprint density at radius 2 is 2.33 bits per heavy atom. The van der Waals surface area contributed by atoms with E-state index in [9.17, 15) is 4.79 Å². The highest BCUT2D eigenvalue weighted by molar-refractivity contribution is 5.23. The van der Waals surface area contributed by atoms with E-state index in [2.05, 4.69) is 4.98 Å². The van der Waals surface area contributed by atoms with Gasteiger partial charge in [-0.1, -0.05) is 6.07 Å². The molecule has 0 aliphatic heterocycles. The van der Waals surface area contributed by atoms with Crippen LogP contribution in [0.25, 0.3) is 0 Å². The number of H-pyrrole nitrogens is 1. The minimum Gasteiger partial charge on any atom is -0.327 e. The summed E-state index contributed by atoms with van der Waals surface area (Å²) in [5.74, 6) is 0. The Hall–Kier alpha value is -1.09. The quantitative estimate of drug-likeness (QED) is 0.575. The van der Waals surface area contributed by atoms with Crippen molar-refractivity contribution in [2.75, 3.05) is 0 Å². The summed E-state index contributed by atoms with van der Waals surface area (Å²) in [6, 6.07) is 3.72. The number of aryl methyl sites for hydroxylation is 1. The van der Waals surface area contributed by atoms with Crippen LogP contribution in [0.1, 0.15) is 17.7 Å². The van der Waals surface area contributed by atoms with Gasteiger partial charge in [0.15, 0.2) is 0 Å². The van der Waals surface area contributed by atoms with Crippen LogP contribution in [0, 0.1) is 0 Å². The van der Waals surface area contributed by atoms with E-state index < -0.39 is 0 Å². The van der Waals surface area contributed by atoms with Gasteiger partial charge in [0.2, 0.25) is 5.56 Å². The third-order valence-corrected chi connectivity index (χ3v) is 2.34. The maximum absolute atomic E-state index is 10.9. The van der Waals surface area contributed by atoms with E-state index in [-0.39, 0.29) is 11.6 Å². The van der Waals surface area contributed by atoms with Gasteiger partial charge in [0.1, 0.15) is 0 Å². The van der Waals surface area contributed by atoms with Crippen molar-refractivity contribution in [2.45, 2.75) is 25.3 Å². The van der Waals surface area contributed by atoms with Crippen LogP contribution in [-0.2, 0) is 12.8 Å². The summed E-state index contributed by atoms with van der Waals surface area (Å²) in [6.07, 6.45) is 2.78. The fourth-order valence-electron chi connectivity index (χ4n) is 1.68. The molecule has 64 valence electrons. The van der Waals surface area contributed by atoms with E-state index in [0.717, 1.165) is 25.0 Å². The molecular formula is C9H12N2O. The van der Waals surface area contributed by atoms with E-state index in [1.807, 2.05) is 6.07 Å². The third kappa shape index (κ3) is 1.28. The second-order valence-corrected chi connectivity index (χ2v) is 3.33. The second-order valence-electron chi connectivity index (χ2n) is 3.33. The van der Waals surface area contributed by atoms with Crippen LogP contribution in [0.5, 0.6) is 0 Å². The van der Waals surface area contributed by atoms with Crippen LogP contribution in [0.15, 0.2) is 16.9 Å². The lowest BCUT2D eigenvalue weighted by molar-refractivity contribution is 0.565. The van der Waals surface area contributed by atoms with Crippen molar-refractivity contribution in [2.24, 2.45) is 5.73 Å². The lowest BCUT2D eigenvalue weighted by Crippen LogP contribution is -2.29. The molecular weight excluding hydrogens is 152 g/mol. The molecule has 1 aliphatic carbocycles. The topological polar surface area (TPSA) is 58.9 Å². The van der Waals surface area contributed by atoms with Crippen LogP contribution in [-0.4, -0.2) is 11.0 Å². The van der Waals surface area contributed by atoms with Crippen LogP contribution < -0.4 is 11.3 Å². The van der Waals surface area contributed by atoms with Gasteiger partial charge < -0.3 is 10.7 Å². The number of pyridine rings is 1. The number of fused-ring (bicyclic) bond motifs is 1. The lowest BCUT2D eigenvalue weighted by Gasteiger charge is -2.20. The van der Waals surface area contributed by atoms with E-state index in [4.69, 9.17) is 5.73 Å². The smallest absolute Gasteiger partial charge is 0.248 e. The van der Waals surface area contributed by atoms with Crippen LogP contribution in [0.3, 0.4) is 0 Å². The largest absolute Gasteiger partial charge is 0.327 e. The minimum absolute atomic E-state index is 0.00998. The van der Waals surface area contributed by atoms with Crippen molar-refractivity contribution < 1.29 is 0 Å². The number of rotatable bonds is 0. The molecule has 0 saturated carbocycles. The molecule has 0 amide bonds. The fourth-order valence-corrected chi connectivity index (χ4v) is 1.68. The molecule has 2 rings (SSSR count). The first-order valence-electron chi connectivity index (χ1n) is 4.22. The molecule has 0 spiro atoms.